The number of thiol groups is 1. The van der Waals surface area contributed by atoms with Gasteiger partial charge >= 0.3 is 11.4 Å². The number of hydrogen-bond acceptors (Lipinski definition) is 7. The van der Waals surface area contributed by atoms with Gasteiger partial charge in [0.25, 0.3) is 0 Å². The van der Waals surface area contributed by atoms with E-state index in [1.54, 1.807) is 0 Å². The molecule has 8 nitrogen and oxygen atoms in total. The first-order valence-corrected chi connectivity index (χ1v) is 11.3. The number of H-pyrrole nitrogens is 1. The minimum Gasteiger partial charge on any atom is -0.375 e. The number of hydrogen-bond donors (Lipinski definition) is 2. The Bertz CT molecular complexity index is 1270. The number of benzene rings is 2. The van der Waals surface area contributed by atoms with Crippen molar-refractivity contribution in [2.24, 2.45) is 0 Å². The van der Waals surface area contributed by atoms with E-state index in [1.807, 2.05) is 30.3 Å². The second-order valence-electron chi connectivity index (χ2n) is 7.13. The SMILES string of the molecule is O=c1[nH]c2ccc(S(=O)(=O)N3C[C@H](S)C[C@H]3COCc3ccccc3)cc2c(=O)o1. The molecule has 0 amide bonds. The molecule has 1 fully saturated rings. The van der Waals surface area contributed by atoms with Crippen molar-refractivity contribution in [2.75, 3.05) is 13.2 Å². The highest BCUT2D eigenvalue weighted by Crippen LogP contribution is 2.29. The zero-order valence-corrected chi connectivity index (χ0v) is 17.6. The van der Waals surface area contributed by atoms with Gasteiger partial charge in [-0.2, -0.15) is 16.9 Å². The lowest BCUT2D eigenvalue weighted by molar-refractivity contribution is 0.0873. The molecular formula is C20H20N2O6S2. The topological polar surface area (TPSA) is 110 Å². The van der Waals surface area contributed by atoms with Gasteiger partial charge in [-0.05, 0) is 30.2 Å². The van der Waals surface area contributed by atoms with Crippen LogP contribution in [0.25, 0.3) is 10.9 Å². The number of nitrogens with zero attached hydrogens (tertiary/aromatic N) is 1. The molecule has 4 rings (SSSR count). The molecule has 10 heteroatoms. The summed E-state index contributed by atoms with van der Waals surface area (Å²) < 4.78 is 38.2. The highest BCUT2D eigenvalue weighted by molar-refractivity contribution is 7.89. The van der Waals surface area contributed by atoms with Gasteiger partial charge in [-0.3, -0.25) is 4.98 Å². The van der Waals surface area contributed by atoms with Gasteiger partial charge < -0.3 is 9.15 Å². The first kappa shape index (κ1) is 20.9. The Balaban J connectivity index is 1.57. The standard InChI is InChI=1S/C20H20N2O6S2/c23-19-17-9-16(6-7-18(17)21-20(24)28-19)30(25,26)22-10-15(29)8-14(22)12-27-11-13-4-2-1-3-5-13/h1-7,9,14-15,29H,8,10-12H2,(H,21,24)/t14-,15+/m0/s1. The number of aromatic amines is 1. The summed E-state index contributed by atoms with van der Waals surface area (Å²) in [6.45, 7) is 0.851. The fraction of sp³-hybridized carbons (Fsp3) is 0.300. The van der Waals surface area contributed by atoms with Gasteiger partial charge in [-0.15, -0.1) is 0 Å². The summed E-state index contributed by atoms with van der Waals surface area (Å²) in [7, 11) is -3.90. The minimum atomic E-state index is -3.90. The number of nitrogens with one attached hydrogen (secondary N) is 1. The predicted molar refractivity (Wildman–Crippen MR) is 114 cm³/mol. The van der Waals surface area contributed by atoms with Crippen molar-refractivity contribution in [3.63, 3.8) is 0 Å². The lowest BCUT2D eigenvalue weighted by Gasteiger charge is -2.24. The summed E-state index contributed by atoms with van der Waals surface area (Å²) in [6, 6.07) is 13.2. The Kier molecular flexibility index (Phi) is 5.83. The van der Waals surface area contributed by atoms with Crippen molar-refractivity contribution in [3.05, 3.63) is 75.1 Å². The molecule has 0 radical (unpaired) electrons. The lowest BCUT2D eigenvalue weighted by Crippen LogP contribution is -2.38. The van der Waals surface area contributed by atoms with Crippen LogP contribution in [0.3, 0.4) is 0 Å². The van der Waals surface area contributed by atoms with Crippen LogP contribution in [0.4, 0.5) is 0 Å². The second kappa shape index (κ2) is 8.38. The first-order valence-electron chi connectivity index (χ1n) is 9.33. The van der Waals surface area contributed by atoms with E-state index in [0.29, 0.717) is 13.0 Å². The van der Waals surface area contributed by atoms with E-state index in [0.717, 1.165) is 5.56 Å². The van der Waals surface area contributed by atoms with Crippen LogP contribution in [0.1, 0.15) is 12.0 Å². The number of sulfonamides is 1. The molecule has 1 N–H and O–H groups in total. The van der Waals surface area contributed by atoms with E-state index >= 15 is 0 Å². The van der Waals surface area contributed by atoms with Gasteiger partial charge in [0, 0.05) is 17.8 Å². The molecular weight excluding hydrogens is 428 g/mol. The molecule has 1 aliphatic rings. The first-order chi connectivity index (χ1) is 14.3. The fourth-order valence-corrected chi connectivity index (χ4v) is 5.79. The number of aromatic nitrogens is 1. The van der Waals surface area contributed by atoms with Crippen LogP contribution in [0.5, 0.6) is 0 Å². The van der Waals surface area contributed by atoms with E-state index < -0.39 is 21.4 Å². The highest BCUT2D eigenvalue weighted by Gasteiger charge is 2.39. The van der Waals surface area contributed by atoms with Gasteiger partial charge in [0.15, 0.2) is 0 Å². The molecule has 1 saturated heterocycles. The molecule has 2 heterocycles. The zero-order valence-electron chi connectivity index (χ0n) is 15.9. The third-order valence-corrected chi connectivity index (χ3v) is 7.29. The van der Waals surface area contributed by atoms with Crippen molar-refractivity contribution < 1.29 is 17.6 Å². The molecule has 1 aliphatic heterocycles. The molecule has 0 saturated carbocycles. The summed E-state index contributed by atoms with van der Waals surface area (Å²) >= 11 is 4.47. The maximum Gasteiger partial charge on any atom is 0.419 e. The Morgan fingerprint density at radius 3 is 2.70 bits per heavy atom. The van der Waals surface area contributed by atoms with Crippen molar-refractivity contribution in [2.45, 2.75) is 29.2 Å². The molecule has 0 aliphatic carbocycles. The maximum atomic E-state index is 13.3. The molecule has 1 aromatic heterocycles. The van der Waals surface area contributed by atoms with Crippen molar-refractivity contribution >= 4 is 33.6 Å². The quantitative estimate of drug-likeness (QED) is 0.556. The van der Waals surface area contributed by atoms with E-state index in [2.05, 4.69) is 22.0 Å². The van der Waals surface area contributed by atoms with E-state index in [1.165, 1.54) is 22.5 Å². The highest BCUT2D eigenvalue weighted by atomic mass is 32.2. The third kappa shape index (κ3) is 4.22. The molecule has 2 atom stereocenters. The second-order valence-corrected chi connectivity index (χ2v) is 9.75. The van der Waals surface area contributed by atoms with E-state index in [9.17, 15) is 18.0 Å². The van der Waals surface area contributed by atoms with E-state index in [-0.39, 0.29) is 40.2 Å². The summed E-state index contributed by atoms with van der Waals surface area (Å²) in [5.41, 5.74) is 0.330. The summed E-state index contributed by atoms with van der Waals surface area (Å²) in [6.07, 6.45) is 0.556. The van der Waals surface area contributed by atoms with Crippen LogP contribution in [-0.4, -0.2) is 42.2 Å². The Morgan fingerprint density at radius 2 is 1.93 bits per heavy atom. The largest absolute Gasteiger partial charge is 0.419 e. The number of rotatable bonds is 6. The van der Waals surface area contributed by atoms with Gasteiger partial charge in [0.05, 0.1) is 29.0 Å². The summed E-state index contributed by atoms with van der Waals surface area (Å²) in [5, 5.41) is -0.124. The lowest BCUT2D eigenvalue weighted by atomic mass is 10.2. The average Bonchev–Trinajstić information content (AvgIpc) is 3.10. The van der Waals surface area contributed by atoms with Gasteiger partial charge in [0.2, 0.25) is 10.0 Å². The van der Waals surface area contributed by atoms with Crippen LogP contribution in [0, 0.1) is 0 Å². The molecule has 0 spiro atoms. The maximum absolute atomic E-state index is 13.3. The molecule has 158 valence electrons. The third-order valence-electron chi connectivity index (χ3n) is 5.00. The molecule has 0 bridgehead atoms. The molecule has 2 aromatic carbocycles. The Hall–Kier alpha value is -2.40. The van der Waals surface area contributed by atoms with Crippen LogP contribution in [-0.2, 0) is 21.4 Å². The van der Waals surface area contributed by atoms with Gasteiger partial charge in [0.1, 0.15) is 0 Å². The zero-order chi connectivity index (χ0) is 21.3. The van der Waals surface area contributed by atoms with Crippen LogP contribution in [0.2, 0.25) is 0 Å². The molecule has 0 unspecified atom stereocenters. The summed E-state index contributed by atoms with van der Waals surface area (Å²) in [4.78, 5) is 25.6. The normalized spacial score (nSPS) is 20.0. The fourth-order valence-electron chi connectivity index (χ4n) is 3.57. The minimum absolute atomic E-state index is 0.00540. The summed E-state index contributed by atoms with van der Waals surface area (Å²) in [5.74, 6) is -0.892. The van der Waals surface area contributed by atoms with Crippen molar-refractivity contribution in [1.29, 1.82) is 0 Å². The molecule has 3 aromatic rings. The van der Waals surface area contributed by atoms with Gasteiger partial charge in [-0.1, -0.05) is 30.3 Å². The number of fused-ring (bicyclic) bond motifs is 1. The van der Waals surface area contributed by atoms with Crippen molar-refractivity contribution in [3.8, 4) is 0 Å². The van der Waals surface area contributed by atoms with Crippen LogP contribution >= 0.6 is 12.6 Å². The van der Waals surface area contributed by atoms with Crippen LogP contribution < -0.4 is 11.4 Å². The average molecular weight is 449 g/mol. The van der Waals surface area contributed by atoms with E-state index in [4.69, 9.17) is 4.74 Å². The van der Waals surface area contributed by atoms with Crippen molar-refractivity contribution in [1.82, 2.24) is 9.29 Å². The van der Waals surface area contributed by atoms with Crippen LogP contribution in [0.15, 0.2) is 67.4 Å². The predicted octanol–water partition coefficient (Wildman–Crippen LogP) is 1.76. The molecule has 30 heavy (non-hydrogen) atoms. The van der Waals surface area contributed by atoms with Gasteiger partial charge in [-0.25, -0.2) is 18.0 Å². The Morgan fingerprint density at radius 1 is 1.17 bits per heavy atom. The Labute approximate surface area is 177 Å². The number of ether oxygens (including phenoxy) is 1. The monoisotopic (exact) mass is 448 g/mol. The smallest absolute Gasteiger partial charge is 0.375 e.